The molecule has 0 aliphatic carbocycles. The summed E-state index contributed by atoms with van der Waals surface area (Å²) in [6, 6.07) is 0.258. The van der Waals surface area contributed by atoms with Gasteiger partial charge in [-0.25, -0.2) is 4.98 Å². The van der Waals surface area contributed by atoms with Crippen LogP contribution in [0.4, 0.5) is 0 Å². The molecule has 1 aromatic rings. The van der Waals surface area contributed by atoms with E-state index in [0.29, 0.717) is 0 Å². The summed E-state index contributed by atoms with van der Waals surface area (Å²) >= 11 is 1.77. The smallest absolute Gasteiger partial charge is 0.255 e. The maximum absolute atomic E-state index is 11.8. The van der Waals surface area contributed by atoms with E-state index >= 15 is 0 Å². The Bertz CT molecular complexity index is 437. The Morgan fingerprint density at radius 2 is 2.33 bits per heavy atom. The summed E-state index contributed by atoms with van der Waals surface area (Å²) in [5.41, 5.74) is 1.93. The molecule has 1 saturated heterocycles. The lowest BCUT2D eigenvalue weighted by Gasteiger charge is -2.10. The van der Waals surface area contributed by atoms with Crippen LogP contribution in [0.1, 0.15) is 36.0 Å². The van der Waals surface area contributed by atoms with E-state index in [2.05, 4.69) is 15.3 Å². The molecule has 0 bridgehead atoms. The van der Waals surface area contributed by atoms with Gasteiger partial charge in [-0.15, -0.1) is 0 Å². The van der Waals surface area contributed by atoms with E-state index in [1.165, 1.54) is 6.42 Å². The first-order valence-electron chi connectivity index (χ1n) is 5.27. The van der Waals surface area contributed by atoms with Crippen LogP contribution in [0.15, 0.2) is 4.79 Å². The molecule has 0 spiro atoms. The van der Waals surface area contributed by atoms with E-state index in [9.17, 15) is 4.79 Å². The minimum absolute atomic E-state index is 0.0636. The van der Waals surface area contributed by atoms with E-state index < -0.39 is 0 Å². The van der Waals surface area contributed by atoms with Crippen molar-refractivity contribution in [3.8, 4) is 0 Å². The van der Waals surface area contributed by atoms with Crippen molar-refractivity contribution < 1.29 is 0 Å². The lowest BCUT2D eigenvalue weighted by molar-refractivity contribution is 0.598. The van der Waals surface area contributed by atoms with Crippen molar-refractivity contribution >= 4 is 11.8 Å². The lowest BCUT2D eigenvalue weighted by Crippen LogP contribution is -2.23. The van der Waals surface area contributed by atoms with Gasteiger partial charge in [0.05, 0.1) is 11.7 Å². The highest BCUT2D eigenvalue weighted by atomic mass is 32.2. The molecule has 2 aliphatic heterocycles. The molecule has 1 fully saturated rings. The van der Waals surface area contributed by atoms with Gasteiger partial charge in [0.1, 0.15) is 5.82 Å². The maximum Gasteiger partial charge on any atom is 0.255 e. The highest BCUT2D eigenvalue weighted by Gasteiger charge is 2.23. The van der Waals surface area contributed by atoms with Crippen molar-refractivity contribution in [3.05, 3.63) is 27.4 Å². The van der Waals surface area contributed by atoms with Crippen LogP contribution < -0.4 is 10.9 Å². The zero-order valence-corrected chi connectivity index (χ0v) is 9.19. The molecule has 3 heterocycles. The summed E-state index contributed by atoms with van der Waals surface area (Å²) in [6.45, 7) is 1.03. The first-order valence-corrected chi connectivity index (χ1v) is 6.43. The average molecular weight is 223 g/mol. The Labute approximate surface area is 91.9 Å². The predicted molar refractivity (Wildman–Crippen MR) is 59.8 cm³/mol. The van der Waals surface area contributed by atoms with Crippen LogP contribution >= 0.6 is 11.8 Å². The SMILES string of the molecule is O=c1[nH]c(C2CCCN2)nc2c1CSC2. The minimum atomic E-state index is 0.0636. The Kier molecular flexibility index (Phi) is 2.29. The zero-order valence-electron chi connectivity index (χ0n) is 8.38. The number of thioether (sulfide) groups is 1. The first-order chi connectivity index (χ1) is 7.34. The topological polar surface area (TPSA) is 57.8 Å². The first kappa shape index (κ1) is 9.42. The Hall–Kier alpha value is -0.810. The van der Waals surface area contributed by atoms with Crippen LogP contribution in [0.3, 0.4) is 0 Å². The highest BCUT2D eigenvalue weighted by Crippen LogP contribution is 2.27. The fraction of sp³-hybridized carbons (Fsp3) is 0.600. The van der Waals surface area contributed by atoms with Gasteiger partial charge in [-0.2, -0.15) is 11.8 Å². The molecule has 1 atom stereocenters. The molecule has 2 N–H and O–H groups in total. The summed E-state index contributed by atoms with van der Waals surface area (Å²) < 4.78 is 0. The standard InChI is InChI=1S/C10H13N3OS/c14-10-6-4-15-5-8(6)12-9(13-10)7-2-1-3-11-7/h7,11H,1-5H2,(H,12,13,14). The molecule has 0 aromatic carbocycles. The molecule has 80 valence electrons. The fourth-order valence-corrected chi connectivity index (χ4v) is 3.20. The number of rotatable bonds is 1. The average Bonchev–Trinajstić information content (AvgIpc) is 2.88. The van der Waals surface area contributed by atoms with Crippen molar-refractivity contribution in [3.63, 3.8) is 0 Å². The Balaban J connectivity index is 2.03. The van der Waals surface area contributed by atoms with Gasteiger partial charge in [0.2, 0.25) is 0 Å². The minimum Gasteiger partial charge on any atom is -0.309 e. The summed E-state index contributed by atoms with van der Waals surface area (Å²) in [4.78, 5) is 19.2. The van der Waals surface area contributed by atoms with Gasteiger partial charge in [-0.05, 0) is 19.4 Å². The van der Waals surface area contributed by atoms with Gasteiger partial charge in [0, 0.05) is 17.1 Å². The molecular weight excluding hydrogens is 210 g/mol. The van der Waals surface area contributed by atoms with Gasteiger partial charge < -0.3 is 10.3 Å². The molecular formula is C10H13N3OS. The van der Waals surface area contributed by atoms with Crippen molar-refractivity contribution in [2.24, 2.45) is 0 Å². The summed E-state index contributed by atoms with van der Waals surface area (Å²) in [7, 11) is 0. The van der Waals surface area contributed by atoms with Crippen molar-refractivity contribution in [2.75, 3.05) is 6.54 Å². The third-order valence-corrected chi connectivity index (χ3v) is 3.97. The van der Waals surface area contributed by atoms with Crippen LogP contribution in [0.2, 0.25) is 0 Å². The molecule has 4 nitrogen and oxygen atoms in total. The second-order valence-electron chi connectivity index (χ2n) is 4.02. The fourth-order valence-electron chi connectivity index (χ4n) is 2.16. The molecule has 0 saturated carbocycles. The van der Waals surface area contributed by atoms with E-state index in [4.69, 9.17) is 0 Å². The van der Waals surface area contributed by atoms with Gasteiger partial charge in [-0.1, -0.05) is 0 Å². The van der Waals surface area contributed by atoms with Crippen LogP contribution in [-0.4, -0.2) is 16.5 Å². The molecule has 1 unspecified atom stereocenters. The van der Waals surface area contributed by atoms with Gasteiger partial charge in [0.15, 0.2) is 0 Å². The van der Waals surface area contributed by atoms with E-state index in [1.807, 2.05) is 0 Å². The molecule has 5 heteroatoms. The third kappa shape index (κ3) is 1.59. The maximum atomic E-state index is 11.8. The number of hydrogen-bond donors (Lipinski definition) is 2. The van der Waals surface area contributed by atoms with Crippen LogP contribution in [0.25, 0.3) is 0 Å². The summed E-state index contributed by atoms with van der Waals surface area (Å²) in [5.74, 6) is 2.54. The lowest BCUT2D eigenvalue weighted by atomic mass is 10.2. The third-order valence-electron chi connectivity index (χ3n) is 3.00. The molecule has 0 radical (unpaired) electrons. The Morgan fingerprint density at radius 3 is 3.13 bits per heavy atom. The van der Waals surface area contributed by atoms with E-state index in [0.717, 1.165) is 41.6 Å². The monoisotopic (exact) mass is 223 g/mol. The van der Waals surface area contributed by atoms with Gasteiger partial charge in [-0.3, -0.25) is 4.79 Å². The predicted octanol–water partition coefficient (Wildman–Crippen LogP) is 0.941. The molecule has 1 aromatic heterocycles. The largest absolute Gasteiger partial charge is 0.309 e. The number of hydrogen-bond acceptors (Lipinski definition) is 4. The molecule has 2 aliphatic rings. The van der Waals surface area contributed by atoms with Crippen molar-refractivity contribution in [1.29, 1.82) is 0 Å². The summed E-state index contributed by atoms with van der Waals surface area (Å²) in [6.07, 6.45) is 2.25. The van der Waals surface area contributed by atoms with Crippen molar-refractivity contribution in [1.82, 2.24) is 15.3 Å². The number of fused-ring (bicyclic) bond motifs is 1. The van der Waals surface area contributed by atoms with Crippen LogP contribution in [-0.2, 0) is 11.5 Å². The quantitative estimate of drug-likeness (QED) is 0.744. The zero-order chi connectivity index (χ0) is 10.3. The number of nitrogens with one attached hydrogen (secondary N) is 2. The number of nitrogens with zero attached hydrogens (tertiary/aromatic N) is 1. The second-order valence-corrected chi connectivity index (χ2v) is 5.00. The van der Waals surface area contributed by atoms with Gasteiger partial charge >= 0.3 is 0 Å². The van der Waals surface area contributed by atoms with Gasteiger partial charge in [0.25, 0.3) is 5.56 Å². The van der Waals surface area contributed by atoms with Crippen LogP contribution in [0.5, 0.6) is 0 Å². The number of aromatic amines is 1. The molecule has 15 heavy (non-hydrogen) atoms. The second kappa shape index (κ2) is 3.64. The Morgan fingerprint density at radius 1 is 1.40 bits per heavy atom. The molecule has 3 rings (SSSR count). The normalized spacial score (nSPS) is 24.4. The summed E-state index contributed by atoms with van der Waals surface area (Å²) in [5, 5.41) is 3.35. The van der Waals surface area contributed by atoms with Crippen molar-refractivity contribution in [2.45, 2.75) is 30.4 Å². The highest BCUT2D eigenvalue weighted by molar-refractivity contribution is 7.98. The van der Waals surface area contributed by atoms with E-state index in [1.54, 1.807) is 11.8 Å². The molecule has 0 amide bonds. The number of H-pyrrole nitrogens is 1. The van der Waals surface area contributed by atoms with E-state index in [-0.39, 0.29) is 11.6 Å². The number of aromatic nitrogens is 2. The van der Waals surface area contributed by atoms with Crippen LogP contribution in [0, 0.1) is 0 Å².